The number of hydrogen-bond acceptors (Lipinski definition) is 0. The lowest BCUT2D eigenvalue weighted by Crippen LogP contribution is -1.84. The average molecular weight is 271 g/mol. The SMILES string of the molecule is CCc1c(-c2ccc3ccccc3c2)cn2ccccc12. The van der Waals surface area contributed by atoms with Crippen LogP contribution < -0.4 is 0 Å². The topological polar surface area (TPSA) is 4.41 Å². The molecule has 21 heavy (non-hydrogen) atoms. The molecule has 102 valence electrons. The maximum atomic E-state index is 2.29. The Hall–Kier alpha value is -2.54. The summed E-state index contributed by atoms with van der Waals surface area (Å²) in [5.74, 6) is 0. The second-order valence-electron chi connectivity index (χ2n) is 5.43. The molecule has 0 aliphatic carbocycles. The highest BCUT2D eigenvalue weighted by Crippen LogP contribution is 2.31. The van der Waals surface area contributed by atoms with Crippen LogP contribution in [-0.2, 0) is 6.42 Å². The van der Waals surface area contributed by atoms with Crippen LogP contribution in [0.2, 0.25) is 0 Å². The molecule has 4 rings (SSSR count). The van der Waals surface area contributed by atoms with E-state index >= 15 is 0 Å². The number of rotatable bonds is 2. The predicted octanol–water partition coefficient (Wildman–Crippen LogP) is 5.32. The molecule has 0 saturated heterocycles. The summed E-state index contributed by atoms with van der Waals surface area (Å²) in [4.78, 5) is 0. The van der Waals surface area contributed by atoms with E-state index < -0.39 is 0 Å². The van der Waals surface area contributed by atoms with Crippen molar-refractivity contribution in [1.82, 2.24) is 4.40 Å². The van der Waals surface area contributed by atoms with Crippen molar-refractivity contribution in [2.75, 3.05) is 0 Å². The van der Waals surface area contributed by atoms with Crippen LogP contribution in [-0.4, -0.2) is 4.40 Å². The molecule has 0 saturated carbocycles. The first kappa shape index (κ1) is 12.2. The third kappa shape index (κ3) is 1.93. The quantitative estimate of drug-likeness (QED) is 0.464. The van der Waals surface area contributed by atoms with Gasteiger partial charge in [0.15, 0.2) is 0 Å². The summed E-state index contributed by atoms with van der Waals surface area (Å²) >= 11 is 0. The van der Waals surface area contributed by atoms with Gasteiger partial charge < -0.3 is 4.40 Å². The maximum Gasteiger partial charge on any atom is 0.0488 e. The maximum absolute atomic E-state index is 2.29. The fraction of sp³-hybridized carbons (Fsp3) is 0.100. The van der Waals surface area contributed by atoms with Gasteiger partial charge in [0.1, 0.15) is 0 Å². The van der Waals surface area contributed by atoms with Gasteiger partial charge in [0.2, 0.25) is 0 Å². The van der Waals surface area contributed by atoms with Gasteiger partial charge in [0, 0.05) is 23.5 Å². The highest BCUT2D eigenvalue weighted by Gasteiger charge is 2.10. The van der Waals surface area contributed by atoms with Gasteiger partial charge in [-0.15, -0.1) is 0 Å². The number of nitrogens with zero attached hydrogens (tertiary/aromatic N) is 1. The number of aryl methyl sites for hydroxylation is 1. The molecule has 0 fully saturated rings. The Morgan fingerprint density at radius 2 is 1.67 bits per heavy atom. The third-order valence-electron chi connectivity index (χ3n) is 4.21. The minimum atomic E-state index is 1.04. The Morgan fingerprint density at radius 3 is 2.52 bits per heavy atom. The minimum Gasteiger partial charge on any atom is -0.323 e. The van der Waals surface area contributed by atoms with Crippen LogP contribution in [0, 0.1) is 0 Å². The number of pyridine rings is 1. The van der Waals surface area contributed by atoms with E-state index in [9.17, 15) is 0 Å². The van der Waals surface area contributed by atoms with Gasteiger partial charge in [-0.05, 0) is 46.5 Å². The van der Waals surface area contributed by atoms with Crippen LogP contribution in [0.15, 0.2) is 73.1 Å². The molecule has 2 heterocycles. The monoisotopic (exact) mass is 271 g/mol. The summed E-state index contributed by atoms with van der Waals surface area (Å²) in [6, 6.07) is 21.7. The summed E-state index contributed by atoms with van der Waals surface area (Å²) in [6.07, 6.45) is 5.42. The van der Waals surface area contributed by atoms with E-state index in [-0.39, 0.29) is 0 Å². The number of fused-ring (bicyclic) bond motifs is 2. The van der Waals surface area contributed by atoms with Crippen LogP contribution in [0.5, 0.6) is 0 Å². The standard InChI is InChI=1S/C20H17N/c1-2-18-19(14-21-12-6-5-9-20(18)21)17-11-10-15-7-3-4-8-16(15)13-17/h3-14H,2H2,1H3. The molecular formula is C20H17N. The minimum absolute atomic E-state index is 1.04. The highest BCUT2D eigenvalue weighted by atomic mass is 14.9. The van der Waals surface area contributed by atoms with Gasteiger partial charge in [-0.2, -0.15) is 0 Å². The van der Waals surface area contributed by atoms with Crippen LogP contribution in [0.1, 0.15) is 12.5 Å². The first-order chi connectivity index (χ1) is 10.4. The van der Waals surface area contributed by atoms with E-state index in [2.05, 4.69) is 84.4 Å². The molecule has 0 aliphatic rings. The Balaban J connectivity index is 1.99. The molecular weight excluding hydrogens is 254 g/mol. The van der Waals surface area contributed by atoms with E-state index in [1.807, 2.05) is 0 Å². The highest BCUT2D eigenvalue weighted by molar-refractivity contribution is 5.89. The third-order valence-corrected chi connectivity index (χ3v) is 4.21. The number of hydrogen-bond donors (Lipinski definition) is 0. The molecule has 0 atom stereocenters. The second kappa shape index (κ2) is 4.78. The van der Waals surface area contributed by atoms with Crippen molar-refractivity contribution in [3.63, 3.8) is 0 Å². The number of benzene rings is 2. The molecule has 0 bridgehead atoms. The van der Waals surface area contributed by atoms with Gasteiger partial charge in [-0.3, -0.25) is 0 Å². The smallest absolute Gasteiger partial charge is 0.0488 e. The lowest BCUT2D eigenvalue weighted by Gasteiger charge is -2.05. The Labute approximate surface area is 124 Å². The normalized spacial score (nSPS) is 11.3. The predicted molar refractivity (Wildman–Crippen MR) is 89.7 cm³/mol. The Bertz CT molecular complexity index is 931. The summed E-state index contributed by atoms with van der Waals surface area (Å²) in [7, 11) is 0. The van der Waals surface area contributed by atoms with Crippen molar-refractivity contribution in [3.05, 3.63) is 78.6 Å². The first-order valence-electron chi connectivity index (χ1n) is 7.44. The second-order valence-corrected chi connectivity index (χ2v) is 5.43. The van der Waals surface area contributed by atoms with Crippen molar-refractivity contribution in [3.8, 4) is 11.1 Å². The fourth-order valence-corrected chi connectivity index (χ4v) is 3.16. The Kier molecular flexibility index (Phi) is 2.78. The van der Waals surface area contributed by atoms with Crippen molar-refractivity contribution in [2.24, 2.45) is 0 Å². The van der Waals surface area contributed by atoms with E-state index in [0.717, 1.165) is 6.42 Å². The van der Waals surface area contributed by atoms with Crippen LogP contribution in [0.4, 0.5) is 0 Å². The van der Waals surface area contributed by atoms with Gasteiger partial charge in [-0.1, -0.05) is 49.4 Å². The zero-order valence-corrected chi connectivity index (χ0v) is 12.1. The van der Waals surface area contributed by atoms with Crippen LogP contribution in [0.3, 0.4) is 0 Å². The van der Waals surface area contributed by atoms with Crippen LogP contribution in [0.25, 0.3) is 27.4 Å². The fourth-order valence-electron chi connectivity index (χ4n) is 3.16. The first-order valence-corrected chi connectivity index (χ1v) is 7.44. The molecule has 1 heteroatoms. The van der Waals surface area contributed by atoms with E-state index in [1.165, 1.54) is 33.0 Å². The number of aromatic nitrogens is 1. The molecule has 4 aromatic rings. The summed E-state index contributed by atoms with van der Waals surface area (Å²) < 4.78 is 2.23. The van der Waals surface area contributed by atoms with Crippen molar-refractivity contribution >= 4 is 16.3 Å². The molecule has 0 amide bonds. The average Bonchev–Trinajstić information content (AvgIpc) is 2.93. The largest absolute Gasteiger partial charge is 0.323 e. The molecule has 0 radical (unpaired) electrons. The molecule has 1 nitrogen and oxygen atoms in total. The van der Waals surface area contributed by atoms with Crippen molar-refractivity contribution in [1.29, 1.82) is 0 Å². The zero-order valence-electron chi connectivity index (χ0n) is 12.1. The summed E-state index contributed by atoms with van der Waals surface area (Å²) in [6.45, 7) is 2.23. The summed E-state index contributed by atoms with van der Waals surface area (Å²) in [5.41, 5.74) is 5.37. The molecule has 0 unspecified atom stereocenters. The molecule has 2 aromatic heterocycles. The molecule has 0 spiro atoms. The van der Waals surface area contributed by atoms with Crippen LogP contribution >= 0.6 is 0 Å². The van der Waals surface area contributed by atoms with Crippen molar-refractivity contribution < 1.29 is 0 Å². The van der Waals surface area contributed by atoms with Crippen molar-refractivity contribution in [2.45, 2.75) is 13.3 Å². The molecule has 0 aliphatic heterocycles. The zero-order chi connectivity index (χ0) is 14.2. The lowest BCUT2D eigenvalue weighted by molar-refractivity contribution is 1.15. The van der Waals surface area contributed by atoms with Gasteiger partial charge in [-0.25, -0.2) is 0 Å². The van der Waals surface area contributed by atoms with Gasteiger partial charge in [0.25, 0.3) is 0 Å². The molecule has 2 aromatic carbocycles. The van der Waals surface area contributed by atoms with E-state index in [1.54, 1.807) is 0 Å². The Morgan fingerprint density at radius 1 is 0.857 bits per heavy atom. The van der Waals surface area contributed by atoms with Gasteiger partial charge in [0.05, 0.1) is 0 Å². The van der Waals surface area contributed by atoms with E-state index in [0.29, 0.717) is 0 Å². The molecule has 0 N–H and O–H groups in total. The van der Waals surface area contributed by atoms with Gasteiger partial charge >= 0.3 is 0 Å². The van der Waals surface area contributed by atoms with E-state index in [4.69, 9.17) is 0 Å². The summed E-state index contributed by atoms with van der Waals surface area (Å²) in [5, 5.41) is 2.59. The lowest BCUT2D eigenvalue weighted by atomic mass is 9.99.